The highest BCUT2D eigenvalue weighted by atomic mass is 35.5. The first-order valence-corrected chi connectivity index (χ1v) is 7.24. The lowest BCUT2D eigenvalue weighted by atomic mass is 9.96. The highest BCUT2D eigenvalue weighted by molar-refractivity contribution is 6.36. The fourth-order valence-electron chi connectivity index (χ4n) is 2.01. The zero-order chi connectivity index (χ0) is 14.7. The van der Waals surface area contributed by atoms with Gasteiger partial charge < -0.3 is 10.3 Å². The van der Waals surface area contributed by atoms with Crippen molar-refractivity contribution in [1.82, 2.24) is 10.1 Å². The van der Waals surface area contributed by atoms with Gasteiger partial charge in [-0.05, 0) is 23.6 Å². The van der Waals surface area contributed by atoms with Crippen LogP contribution in [0.2, 0.25) is 10.0 Å². The Hall–Kier alpha value is -1.10. The molecule has 1 aromatic carbocycles. The third-order valence-corrected chi connectivity index (χ3v) is 3.96. The van der Waals surface area contributed by atoms with E-state index in [1.165, 1.54) is 0 Å². The average Bonchev–Trinajstić information content (AvgIpc) is 2.83. The summed E-state index contributed by atoms with van der Waals surface area (Å²) in [6.07, 6.45) is 0.442. The van der Waals surface area contributed by atoms with E-state index in [9.17, 15) is 0 Å². The molecule has 1 unspecified atom stereocenters. The summed E-state index contributed by atoms with van der Waals surface area (Å²) in [5.41, 5.74) is 6.55. The smallest absolute Gasteiger partial charge is 0.231 e. The summed E-state index contributed by atoms with van der Waals surface area (Å²) in [6.45, 7) is 4.63. The largest absolute Gasteiger partial charge is 0.339 e. The van der Waals surface area contributed by atoms with Crippen molar-refractivity contribution in [3.8, 4) is 0 Å². The Morgan fingerprint density at radius 1 is 1.25 bits per heavy atom. The number of halogens is 2. The van der Waals surface area contributed by atoms with Gasteiger partial charge in [-0.3, -0.25) is 0 Å². The predicted octanol–water partition coefficient (Wildman–Crippen LogP) is 3.67. The Bertz CT molecular complexity index is 563. The van der Waals surface area contributed by atoms with Crippen molar-refractivity contribution >= 4 is 23.2 Å². The summed E-state index contributed by atoms with van der Waals surface area (Å²) in [5, 5.41) is 5.19. The molecule has 0 aliphatic carbocycles. The third kappa shape index (κ3) is 3.32. The standard InChI is InChI=1S/C14H17Cl2N3O/c1-8(2)10(7-17)14-18-13(19-20-14)6-9-11(15)4-3-5-12(9)16/h3-5,8,10H,6-7,17H2,1-2H3. The van der Waals surface area contributed by atoms with Crippen LogP contribution in [0, 0.1) is 5.92 Å². The number of nitrogens with zero attached hydrogens (tertiary/aromatic N) is 2. The maximum Gasteiger partial charge on any atom is 0.231 e. The zero-order valence-corrected chi connectivity index (χ0v) is 12.9. The lowest BCUT2D eigenvalue weighted by Crippen LogP contribution is -2.18. The van der Waals surface area contributed by atoms with Gasteiger partial charge in [0, 0.05) is 23.0 Å². The van der Waals surface area contributed by atoms with Gasteiger partial charge in [0.25, 0.3) is 0 Å². The van der Waals surface area contributed by atoms with Crippen LogP contribution in [0.5, 0.6) is 0 Å². The van der Waals surface area contributed by atoms with E-state index in [2.05, 4.69) is 24.0 Å². The molecule has 1 aromatic heterocycles. The van der Waals surface area contributed by atoms with Gasteiger partial charge in [-0.2, -0.15) is 4.98 Å². The van der Waals surface area contributed by atoms with Crippen LogP contribution < -0.4 is 5.73 Å². The summed E-state index contributed by atoms with van der Waals surface area (Å²) in [7, 11) is 0. The van der Waals surface area contributed by atoms with Crippen molar-refractivity contribution in [3.05, 3.63) is 45.5 Å². The van der Waals surface area contributed by atoms with Crippen LogP contribution in [0.4, 0.5) is 0 Å². The third-order valence-electron chi connectivity index (χ3n) is 3.26. The van der Waals surface area contributed by atoms with E-state index in [1.54, 1.807) is 18.2 Å². The molecule has 2 aromatic rings. The molecule has 0 saturated heterocycles. The van der Waals surface area contributed by atoms with E-state index in [4.69, 9.17) is 33.5 Å². The average molecular weight is 314 g/mol. The Balaban J connectivity index is 2.22. The second kappa shape index (κ2) is 6.57. The van der Waals surface area contributed by atoms with Gasteiger partial charge in [-0.1, -0.05) is 48.3 Å². The van der Waals surface area contributed by atoms with E-state index >= 15 is 0 Å². The van der Waals surface area contributed by atoms with E-state index in [-0.39, 0.29) is 5.92 Å². The molecule has 0 amide bonds. The first kappa shape index (κ1) is 15.3. The van der Waals surface area contributed by atoms with Gasteiger partial charge in [-0.15, -0.1) is 0 Å². The number of aromatic nitrogens is 2. The molecular weight excluding hydrogens is 297 g/mol. The van der Waals surface area contributed by atoms with Crippen LogP contribution in [0.15, 0.2) is 22.7 Å². The molecule has 20 heavy (non-hydrogen) atoms. The number of hydrogen-bond donors (Lipinski definition) is 1. The molecule has 6 heteroatoms. The van der Waals surface area contributed by atoms with Crippen molar-refractivity contribution in [3.63, 3.8) is 0 Å². The van der Waals surface area contributed by atoms with Crippen LogP contribution in [-0.2, 0) is 6.42 Å². The molecule has 0 saturated carbocycles. The minimum atomic E-state index is 0.0676. The Kier molecular flexibility index (Phi) is 5.02. The number of benzene rings is 1. The zero-order valence-electron chi connectivity index (χ0n) is 11.4. The Morgan fingerprint density at radius 2 is 1.90 bits per heavy atom. The van der Waals surface area contributed by atoms with Crippen molar-refractivity contribution in [2.24, 2.45) is 11.7 Å². The first-order valence-electron chi connectivity index (χ1n) is 6.48. The number of hydrogen-bond acceptors (Lipinski definition) is 4. The molecular formula is C14H17Cl2N3O. The molecule has 2 N–H and O–H groups in total. The molecule has 108 valence electrons. The number of rotatable bonds is 5. The molecule has 1 atom stereocenters. The topological polar surface area (TPSA) is 64.9 Å². The summed E-state index contributed by atoms with van der Waals surface area (Å²) < 4.78 is 5.30. The lowest BCUT2D eigenvalue weighted by Gasteiger charge is -2.13. The van der Waals surface area contributed by atoms with Gasteiger partial charge in [0.15, 0.2) is 5.82 Å². The molecule has 0 bridgehead atoms. The molecule has 4 nitrogen and oxygen atoms in total. The van der Waals surface area contributed by atoms with Crippen LogP contribution in [0.1, 0.15) is 37.0 Å². The van der Waals surface area contributed by atoms with Crippen LogP contribution in [0.25, 0.3) is 0 Å². The van der Waals surface area contributed by atoms with Crippen LogP contribution in [0.3, 0.4) is 0 Å². The molecule has 0 aliphatic heterocycles. The maximum atomic E-state index is 6.14. The molecule has 0 fully saturated rings. The SMILES string of the molecule is CC(C)C(CN)c1nc(Cc2c(Cl)cccc2Cl)no1. The quantitative estimate of drug-likeness (QED) is 0.914. The van der Waals surface area contributed by atoms with E-state index < -0.39 is 0 Å². The van der Waals surface area contributed by atoms with E-state index in [0.717, 1.165) is 5.56 Å². The second-order valence-electron chi connectivity index (χ2n) is 5.01. The predicted molar refractivity (Wildman–Crippen MR) is 80.2 cm³/mol. The lowest BCUT2D eigenvalue weighted by molar-refractivity contribution is 0.322. The van der Waals surface area contributed by atoms with Gasteiger partial charge in [0.05, 0.1) is 5.92 Å². The van der Waals surface area contributed by atoms with Crippen LogP contribution in [-0.4, -0.2) is 16.7 Å². The molecule has 0 radical (unpaired) electrons. The van der Waals surface area contributed by atoms with Gasteiger partial charge in [0.1, 0.15) is 0 Å². The molecule has 2 rings (SSSR count). The fraction of sp³-hybridized carbons (Fsp3) is 0.429. The summed E-state index contributed by atoms with van der Waals surface area (Å²) in [4.78, 5) is 4.41. The van der Waals surface area contributed by atoms with Crippen molar-refractivity contribution in [2.75, 3.05) is 6.54 Å². The highest BCUT2D eigenvalue weighted by Crippen LogP contribution is 2.27. The normalized spacial score (nSPS) is 12.9. The molecule has 0 aliphatic rings. The molecule has 0 spiro atoms. The monoisotopic (exact) mass is 313 g/mol. The summed E-state index contributed by atoms with van der Waals surface area (Å²) >= 11 is 12.3. The van der Waals surface area contributed by atoms with Gasteiger partial charge in [-0.25, -0.2) is 0 Å². The first-order chi connectivity index (χ1) is 9.52. The number of nitrogens with two attached hydrogens (primary N) is 1. The Morgan fingerprint density at radius 3 is 2.45 bits per heavy atom. The van der Waals surface area contributed by atoms with Crippen molar-refractivity contribution < 1.29 is 4.52 Å². The molecule has 1 heterocycles. The van der Waals surface area contributed by atoms with Gasteiger partial charge >= 0.3 is 0 Å². The van der Waals surface area contributed by atoms with E-state index in [0.29, 0.717) is 40.6 Å². The highest BCUT2D eigenvalue weighted by Gasteiger charge is 2.21. The summed E-state index contributed by atoms with van der Waals surface area (Å²) in [5.74, 6) is 1.55. The maximum absolute atomic E-state index is 6.14. The Labute approximate surface area is 128 Å². The fourth-order valence-corrected chi connectivity index (χ4v) is 2.54. The minimum absolute atomic E-state index is 0.0676. The van der Waals surface area contributed by atoms with E-state index in [1.807, 2.05) is 0 Å². The van der Waals surface area contributed by atoms with Crippen molar-refractivity contribution in [1.29, 1.82) is 0 Å². The minimum Gasteiger partial charge on any atom is -0.339 e. The van der Waals surface area contributed by atoms with Crippen molar-refractivity contribution in [2.45, 2.75) is 26.2 Å². The second-order valence-corrected chi connectivity index (χ2v) is 5.83. The summed E-state index contributed by atoms with van der Waals surface area (Å²) in [6, 6.07) is 5.39. The van der Waals surface area contributed by atoms with Crippen LogP contribution >= 0.6 is 23.2 Å². The van der Waals surface area contributed by atoms with Gasteiger partial charge in [0.2, 0.25) is 5.89 Å².